The SMILES string of the molecule is Cc1c(N)cccc1[C@H](N)CC(=O)O. The first kappa shape index (κ1) is 10.5. The van der Waals surface area contributed by atoms with Crippen molar-refractivity contribution in [2.45, 2.75) is 19.4 Å². The average molecular weight is 194 g/mol. The van der Waals surface area contributed by atoms with Gasteiger partial charge in [-0.25, -0.2) is 0 Å². The van der Waals surface area contributed by atoms with E-state index >= 15 is 0 Å². The predicted octanol–water partition coefficient (Wildman–Crippen LogP) is 1.05. The van der Waals surface area contributed by atoms with E-state index < -0.39 is 12.0 Å². The Labute approximate surface area is 82.5 Å². The minimum absolute atomic E-state index is 0.0791. The Kier molecular flexibility index (Phi) is 3.09. The predicted molar refractivity (Wildman–Crippen MR) is 54.8 cm³/mol. The summed E-state index contributed by atoms with van der Waals surface area (Å²) < 4.78 is 0. The first-order valence-corrected chi connectivity index (χ1v) is 4.34. The molecule has 0 fully saturated rings. The van der Waals surface area contributed by atoms with Gasteiger partial charge in [0, 0.05) is 11.7 Å². The molecule has 0 saturated heterocycles. The molecule has 0 heterocycles. The van der Waals surface area contributed by atoms with Crippen LogP contribution in [0.3, 0.4) is 0 Å². The van der Waals surface area contributed by atoms with Crippen molar-refractivity contribution in [3.05, 3.63) is 29.3 Å². The number of aliphatic carboxylic acids is 1. The Balaban J connectivity index is 2.95. The van der Waals surface area contributed by atoms with Crippen LogP contribution in [0.4, 0.5) is 5.69 Å². The highest BCUT2D eigenvalue weighted by molar-refractivity contribution is 5.68. The molecular formula is C10H14N2O2. The zero-order valence-electron chi connectivity index (χ0n) is 8.03. The van der Waals surface area contributed by atoms with Crippen LogP contribution in [0.15, 0.2) is 18.2 Å². The van der Waals surface area contributed by atoms with Gasteiger partial charge < -0.3 is 16.6 Å². The van der Waals surface area contributed by atoms with E-state index in [2.05, 4.69) is 0 Å². The number of carboxylic acid groups (broad SMARTS) is 1. The van der Waals surface area contributed by atoms with Crippen LogP contribution < -0.4 is 11.5 Å². The molecule has 1 atom stereocenters. The Morgan fingerprint density at radius 1 is 1.57 bits per heavy atom. The second-order valence-corrected chi connectivity index (χ2v) is 3.27. The largest absolute Gasteiger partial charge is 0.481 e. The molecule has 0 bridgehead atoms. The van der Waals surface area contributed by atoms with Gasteiger partial charge in [-0.1, -0.05) is 12.1 Å². The van der Waals surface area contributed by atoms with Gasteiger partial charge in [0.2, 0.25) is 0 Å². The summed E-state index contributed by atoms with van der Waals surface area (Å²) in [7, 11) is 0. The zero-order chi connectivity index (χ0) is 10.7. The molecule has 0 spiro atoms. The normalized spacial score (nSPS) is 12.4. The summed E-state index contributed by atoms with van der Waals surface area (Å²) in [6.07, 6.45) is -0.0791. The average Bonchev–Trinajstić information content (AvgIpc) is 2.08. The lowest BCUT2D eigenvalue weighted by Gasteiger charge is -2.13. The number of hydrogen-bond acceptors (Lipinski definition) is 3. The second-order valence-electron chi connectivity index (χ2n) is 3.27. The number of carboxylic acids is 1. The van der Waals surface area contributed by atoms with Crippen LogP contribution in [-0.4, -0.2) is 11.1 Å². The van der Waals surface area contributed by atoms with E-state index in [9.17, 15) is 4.79 Å². The highest BCUT2D eigenvalue weighted by Gasteiger charge is 2.13. The Morgan fingerprint density at radius 2 is 2.21 bits per heavy atom. The van der Waals surface area contributed by atoms with E-state index in [1.165, 1.54) is 0 Å². The van der Waals surface area contributed by atoms with E-state index in [0.29, 0.717) is 5.69 Å². The number of nitrogen functional groups attached to an aromatic ring is 1. The van der Waals surface area contributed by atoms with Gasteiger partial charge in [-0.15, -0.1) is 0 Å². The summed E-state index contributed by atoms with van der Waals surface area (Å²) in [4.78, 5) is 10.5. The molecule has 1 rings (SSSR count). The molecule has 5 N–H and O–H groups in total. The lowest BCUT2D eigenvalue weighted by atomic mass is 9.98. The first-order valence-electron chi connectivity index (χ1n) is 4.34. The molecular weight excluding hydrogens is 180 g/mol. The highest BCUT2D eigenvalue weighted by atomic mass is 16.4. The minimum atomic E-state index is -0.903. The Bertz CT molecular complexity index is 350. The van der Waals surface area contributed by atoms with Gasteiger partial charge in [0.25, 0.3) is 0 Å². The van der Waals surface area contributed by atoms with Crippen molar-refractivity contribution in [1.29, 1.82) is 0 Å². The van der Waals surface area contributed by atoms with E-state index in [-0.39, 0.29) is 6.42 Å². The monoisotopic (exact) mass is 194 g/mol. The molecule has 76 valence electrons. The summed E-state index contributed by atoms with van der Waals surface area (Å²) in [6.45, 7) is 1.84. The molecule has 0 amide bonds. The fraction of sp³-hybridized carbons (Fsp3) is 0.300. The van der Waals surface area contributed by atoms with Crippen molar-refractivity contribution < 1.29 is 9.90 Å². The number of carbonyl (C=O) groups is 1. The van der Waals surface area contributed by atoms with Gasteiger partial charge in [-0.2, -0.15) is 0 Å². The molecule has 1 aromatic carbocycles. The summed E-state index contributed by atoms with van der Waals surface area (Å²) in [5, 5.41) is 8.59. The van der Waals surface area contributed by atoms with Gasteiger partial charge in [0.15, 0.2) is 0 Å². The van der Waals surface area contributed by atoms with E-state index in [1.807, 2.05) is 6.92 Å². The highest BCUT2D eigenvalue weighted by Crippen LogP contribution is 2.22. The summed E-state index contributed by atoms with van der Waals surface area (Å²) in [6, 6.07) is 4.86. The second kappa shape index (κ2) is 4.11. The molecule has 0 aliphatic heterocycles. The van der Waals surface area contributed by atoms with Crippen molar-refractivity contribution in [3.63, 3.8) is 0 Å². The van der Waals surface area contributed by atoms with Crippen LogP contribution in [0.5, 0.6) is 0 Å². The molecule has 0 aliphatic carbocycles. The molecule has 0 unspecified atom stereocenters. The van der Waals surface area contributed by atoms with Crippen molar-refractivity contribution >= 4 is 11.7 Å². The van der Waals surface area contributed by atoms with Gasteiger partial charge >= 0.3 is 5.97 Å². The molecule has 1 aromatic rings. The summed E-state index contributed by atoms with van der Waals surface area (Å²) in [5.74, 6) is -0.903. The summed E-state index contributed by atoms with van der Waals surface area (Å²) in [5.41, 5.74) is 13.7. The van der Waals surface area contributed by atoms with Gasteiger partial charge in [-0.05, 0) is 24.1 Å². The minimum Gasteiger partial charge on any atom is -0.481 e. The third-order valence-electron chi connectivity index (χ3n) is 2.21. The van der Waals surface area contributed by atoms with Crippen LogP contribution in [0.2, 0.25) is 0 Å². The topological polar surface area (TPSA) is 89.3 Å². The van der Waals surface area contributed by atoms with Crippen molar-refractivity contribution in [2.75, 3.05) is 5.73 Å². The Morgan fingerprint density at radius 3 is 2.79 bits per heavy atom. The molecule has 4 nitrogen and oxygen atoms in total. The first-order chi connectivity index (χ1) is 6.52. The van der Waals surface area contributed by atoms with E-state index in [0.717, 1.165) is 11.1 Å². The number of rotatable bonds is 3. The molecule has 0 aromatic heterocycles. The molecule has 0 radical (unpaired) electrons. The number of hydrogen-bond donors (Lipinski definition) is 3. The van der Waals surface area contributed by atoms with E-state index in [1.54, 1.807) is 18.2 Å². The standard InChI is InChI=1S/C10H14N2O2/c1-6-7(3-2-4-8(6)11)9(12)5-10(13)14/h2-4,9H,5,11-12H2,1H3,(H,13,14)/t9-/m1/s1. The number of nitrogens with two attached hydrogens (primary N) is 2. The quantitative estimate of drug-likeness (QED) is 0.627. The summed E-state index contributed by atoms with van der Waals surface area (Å²) >= 11 is 0. The lowest BCUT2D eigenvalue weighted by molar-refractivity contribution is -0.137. The van der Waals surface area contributed by atoms with Crippen molar-refractivity contribution in [2.24, 2.45) is 5.73 Å². The number of benzene rings is 1. The number of anilines is 1. The van der Waals surface area contributed by atoms with Crippen molar-refractivity contribution in [1.82, 2.24) is 0 Å². The van der Waals surface area contributed by atoms with Gasteiger partial charge in [0.1, 0.15) is 0 Å². The third kappa shape index (κ3) is 2.23. The smallest absolute Gasteiger partial charge is 0.305 e. The molecule has 4 heteroatoms. The van der Waals surface area contributed by atoms with Crippen LogP contribution in [-0.2, 0) is 4.79 Å². The fourth-order valence-electron chi connectivity index (χ4n) is 1.37. The van der Waals surface area contributed by atoms with Gasteiger partial charge in [-0.3, -0.25) is 4.79 Å². The lowest BCUT2D eigenvalue weighted by Crippen LogP contribution is -2.16. The maximum atomic E-state index is 10.5. The van der Waals surface area contributed by atoms with Gasteiger partial charge in [0.05, 0.1) is 6.42 Å². The molecule has 0 aliphatic rings. The van der Waals surface area contributed by atoms with E-state index in [4.69, 9.17) is 16.6 Å². The fourth-order valence-corrected chi connectivity index (χ4v) is 1.37. The zero-order valence-corrected chi connectivity index (χ0v) is 8.03. The third-order valence-corrected chi connectivity index (χ3v) is 2.21. The molecule has 14 heavy (non-hydrogen) atoms. The van der Waals surface area contributed by atoms with Crippen LogP contribution in [0, 0.1) is 6.92 Å². The van der Waals surface area contributed by atoms with Crippen LogP contribution in [0.1, 0.15) is 23.6 Å². The van der Waals surface area contributed by atoms with Crippen molar-refractivity contribution in [3.8, 4) is 0 Å². The van der Waals surface area contributed by atoms with Crippen LogP contribution >= 0.6 is 0 Å². The Hall–Kier alpha value is -1.55. The maximum Gasteiger partial charge on any atom is 0.305 e. The maximum absolute atomic E-state index is 10.5. The molecule has 0 saturated carbocycles. The van der Waals surface area contributed by atoms with Crippen LogP contribution in [0.25, 0.3) is 0 Å².